The monoisotopic (exact) mass is 395 g/mol. The highest BCUT2D eigenvalue weighted by Crippen LogP contribution is 2.27. The van der Waals surface area contributed by atoms with E-state index < -0.39 is 0 Å². The van der Waals surface area contributed by atoms with Gasteiger partial charge in [-0.25, -0.2) is 4.98 Å². The number of nitrogens with zero attached hydrogens (tertiary/aromatic N) is 1. The number of halogens is 1. The van der Waals surface area contributed by atoms with Gasteiger partial charge in [-0.3, -0.25) is 9.59 Å². The van der Waals surface area contributed by atoms with Crippen molar-refractivity contribution in [3.05, 3.63) is 77.1 Å². The van der Waals surface area contributed by atoms with Crippen LogP contribution in [0.5, 0.6) is 5.75 Å². The van der Waals surface area contributed by atoms with Crippen LogP contribution in [-0.2, 0) is 0 Å². The van der Waals surface area contributed by atoms with E-state index in [0.29, 0.717) is 27.7 Å². The Bertz CT molecular complexity index is 1020. The van der Waals surface area contributed by atoms with Crippen molar-refractivity contribution in [1.82, 2.24) is 4.98 Å². The number of ether oxygens (including phenoxy) is 1. The van der Waals surface area contributed by atoms with Crippen LogP contribution in [-0.4, -0.2) is 23.8 Å². The topological polar surface area (TPSA) is 80.3 Å². The minimum atomic E-state index is -0.355. The maximum Gasteiger partial charge on any atom is 0.274 e. The number of hydrogen-bond acceptors (Lipinski definition) is 5. The summed E-state index contributed by atoms with van der Waals surface area (Å²) in [6.45, 7) is 1.52. The zero-order valence-corrected chi connectivity index (χ0v) is 16.1. The summed E-state index contributed by atoms with van der Waals surface area (Å²) >= 11 is 6.07. The summed E-state index contributed by atoms with van der Waals surface area (Å²) in [5.74, 6) is 0.167. The van der Waals surface area contributed by atoms with Crippen LogP contribution in [0, 0.1) is 0 Å². The number of rotatable bonds is 6. The Labute approximate surface area is 167 Å². The van der Waals surface area contributed by atoms with Crippen molar-refractivity contribution in [3.8, 4) is 5.75 Å². The van der Waals surface area contributed by atoms with Crippen LogP contribution in [0.1, 0.15) is 27.8 Å². The molecule has 0 aliphatic carbocycles. The second-order valence-corrected chi connectivity index (χ2v) is 6.40. The number of Topliss-reactive ketones (excluding diaryl/α,β-unsaturated/α-hetero) is 1. The maximum absolute atomic E-state index is 12.4. The third-order valence-electron chi connectivity index (χ3n) is 3.96. The summed E-state index contributed by atoms with van der Waals surface area (Å²) < 4.78 is 5.09. The highest BCUT2D eigenvalue weighted by Gasteiger charge is 2.10. The van der Waals surface area contributed by atoms with Gasteiger partial charge in [0.2, 0.25) is 0 Å². The predicted molar refractivity (Wildman–Crippen MR) is 110 cm³/mol. The van der Waals surface area contributed by atoms with E-state index in [2.05, 4.69) is 15.6 Å². The number of benzene rings is 2. The zero-order valence-electron chi connectivity index (χ0n) is 15.3. The number of anilines is 3. The molecule has 0 atom stereocenters. The van der Waals surface area contributed by atoms with Crippen molar-refractivity contribution >= 4 is 40.4 Å². The summed E-state index contributed by atoms with van der Waals surface area (Å²) in [7, 11) is 1.52. The molecule has 142 valence electrons. The van der Waals surface area contributed by atoms with Gasteiger partial charge in [-0.1, -0.05) is 23.7 Å². The fourth-order valence-electron chi connectivity index (χ4n) is 2.52. The first-order chi connectivity index (χ1) is 13.5. The second-order valence-electron chi connectivity index (χ2n) is 6.00. The van der Waals surface area contributed by atoms with Gasteiger partial charge in [-0.2, -0.15) is 0 Å². The molecular formula is C21H18ClN3O3. The molecule has 0 radical (unpaired) electrons. The minimum absolute atomic E-state index is 0.00701. The molecule has 7 heteroatoms. The van der Waals surface area contributed by atoms with E-state index in [-0.39, 0.29) is 17.4 Å². The third kappa shape index (κ3) is 4.66. The minimum Gasteiger partial charge on any atom is -0.495 e. The number of methoxy groups -OCH3 is 1. The Kier molecular flexibility index (Phi) is 5.91. The van der Waals surface area contributed by atoms with Gasteiger partial charge in [0.15, 0.2) is 5.78 Å². The molecule has 28 heavy (non-hydrogen) atoms. The van der Waals surface area contributed by atoms with Crippen molar-refractivity contribution < 1.29 is 14.3 Å². The number of pyridine rings is 1. The van der Waals surface area contributed by atoms with Crippen molar-refractivity contribution in [3.63, 3.8) is 0 Å². The maximum atomic E-state index is 12.4. The van der Waals surface area contributed by atoms with Gasteiger partial charge in [0, 0.05) is 16.9 Å². The van der Waals surface area contributed by atoms with Crippen molar-refractivity contribution in [1.29, 1.82) is 0 Å². The molecule has 6 nitrogen and oxygen atoms in total. The summed E-state index contributed by atoms with van der Waals surface area (Å²) in [6, 6.07) is 15.5. The molecular weight excluding hydrogens is 378 g/mol. The van der Waals surface area contributed by atoms with Gasteiger partial charge in [0.25, 0.3) is 5.91 Å². The third-order valence-corrected chi connectivity index (χ3v) is 4.26. The number of hydrogen-bond donors (Lipinski definition) is 2. The summed E-state index contributed by atoms with van der Waals surface area (Å²) in [5.41, 5.74) is 2.88. The Hall–Kier alpha value is -3.38. The fourth-order valence-corrected chi connectivity index (χ4v) is 2.78. The first-order valence-corrected chi connectivity index (χ1v) is 8.83. The Balaban J connectivity index is 1.68. The van der Waals surface area contributed by atoms with E-state index in [4.69, 9.17) is 16.3 Å². The van der Waals surface area contributed by atoms with Gasteiger partial charge in [0.1, 0.15) is 11.4 Å². The second kappa shape index (κ2) is 8.54. The Morgan fingerprint density at radius 3 is 2.43 bits per heavy atom. The molecule has 0 aliphatic rings. The van der Waals surface area contributed by atoms with Crippen LogP contribution in [0.25, 0.3) is 0 Å². The summed E-state index contributed by atoms with van der Waals surface area (Å²) in [4.78, 5) is 28.0. The van der Waals surface area contributed by atoms with Gasteiger partial charge in [0.05, 0.1) is 24.0 Å². The number of carbonyl (C=O) groups is 2. The first-order valence-electron chi connectivity index (χ1n) is 8.45. The summed E-state index contributed by atoms with van der Waals surface area (Å²) in [6.07, 6.45) is 1.55. The molecule has 0 aliphatic heterocycles. The van der Waals surface area contributed by atoms with Gasteiger partial charge in [-0.05, 0) is 49.4 Å². The van der Waals surface area contributed by atoms with E-state index in [1.807, 2.05) is 6.07 Å². The van der Waals surface area contributed by atoms with Crippen LogP contribution in [0.3, 0.4) is 0 Å². The van der Waals surface area contributed by atoms with E-state index in [9.17, 15) is 9.59 Å². The molecule has 2 N–H and O–H groups in total. The molecule has 0 spiro atoms. The van der Waals surface area contributed by atoms with Crippen molar-refractivity contribution in [2.24, 2.45) is 0 Å². The first kappa shape index (κ1) is 19.4. The lowest BCUT2D eigenvalue weighted by Crippen LogP contribution is -2.13. The van der Waals surface area contributed by atoms with Crippen LogP contribution < -0.4 is 15.4 Å². The Morgan fingerprint density at radius 1 is 1.00 bits per heavy atom. The van der Waals surface area contributed by atoms with Crippen molar-refractivity contribution in [2.45, 2.75) is 6.92 Å². The van der Waals surface area contributed by atoms with E-state index in [1.54, 1.807) is 54.7 Å². The van der Waals surface area contributed by atoms with Gasteiger partial charge in [-0.15, -0.1) is 0 Å². The molecule has 0 unspecified atom stereocenters. The lowest BCUT2D eigenvalue weighted by Gasteiger charge is -2.09. The molecule has 3 aromatic rings. The quantitative estimate of drug-likeness (QED) is 0.577. The number of aromatic nitrogens is 1. The molecule has 1 heterocycles. The largest absolute Gasteiger partial charge is 0.495 e. The van der Waals surface area contributed by atoms with Crippen LogP contribution >= 0.6 is 11.6 Å². The lowest BCUT2D eigenvalue weighted by atomic mass is 10.1. The fraction of sp³-hybridized carbons (Fsp3) is 0.0952. The van der Waals surface area contributed by atoms with Crippen LogP contribution in [0.15, 0.2) is 60.8 Å². The SMILES string of the molecule is COc1ccc(NC(=O)c2ccc(Nc3cccc(C(C)=O)c3)cn2)cc1Cl. The normalized spacial score (nSPS) is 10.2. The number of ketones is 1. The molecule has 2 aromatic carbocycles. The Morgan fingerprint density at radius 2 is 1.79 bits per heavy atom. The van der Waals surface area contributed by atoms with Gasteiger partial charge >= 0.3 is 0 Å². The molecule has 1 aromatic heterocycles. The molecule has 0 saturated heterocycles. The van der Waals surface area contributed by atoms with Crippen LogP contribution in [0.2, 0.25) is 5.02 Å². The number of carbonyl (C=O) groups excluding carboxylic acids is 2. The summed E-state index contributed by atoms with van der Waals surface area (Å²) in [5, 5.41) is 6.30. The van der Waals surface area contributed by atoms with E-state index in [1.165, 1.54) is 14.0 Å². The lowest BCUT2D eigenvalue weighted by molar-refractivity contribution is 0.101. The number of amides is 1. The molecule has 0 fully saturated rings. The van der Waals surface area contributed by atoms with Crippen molar-refractivity contribution in [2.75, 3.05) is 17.7 Å². The smallest absolute Gasteiger partial charge is 0.274 e. The molecule has 1 amide bonds. The average Bonchev–Trinajstić information content (AvgIpc) is 2.69. The predicted octanol–water partition coefficient (Wildman–Crippen LogP) is 4.94. The van der Waals surface area contributed by atoms with E-state index >= 15 is 0 Å². The molecule has 0 bridgehead atoms. The van der Waals surface area contributed by atoms with E-state index in [0.717, 1.165) is 5.69 Å². The molecule has 0 saturated carbocycles. The zero-order chi connectivity index (χ0) is 20.1. The van der Waals surface area contributed by atoms with Crippen LogP contribution in [0.4, 0.5) is 17.1 Å². The highest BCUT2D eigenvalue weighted by atomic mass is 35.5. The highest BCUT2D eigenvalue weighted by molar-refractivity contribution is 6.32. The number of nitrogens with one attached hydrogen (secondary N) is 2. The van der Waals surface area contributed by atoms with Gasteiger partial charge < -0.3 is 15.4 Å². The molecule has 3 rings (SSSR count). The standard InChI is InChI=1S/C21H18ClN3O3/c1-13(26)14-4-3-5-15(10-14)24-17-6-8-19(23-12-17)21(27)25-16-7-9-20(28-2)18(22)11-16/h3-12,24H,1-2H3,(H,25,27). The average molecular weight is 396 g/mol.